The lowest BCUT2D eigenvalue weighted by molar-refractivity contribution is 0.301. The van der Waals surface area contributed by atoms with Crippen LogP contribution in [-0.2, 0) is 13.2 Å². The van der Waals surface area contributed by atoms with E-state index in [2.05, 4.69) is 21.2 Å². The number of nitrogens with one attached hydrogen (secondary N) is 1. The minimum absolute atomic E-state index is 0.275. The Morgan fingerprint density at radius 2 is 2.00 bits per heavy atom. The van der Waals surface area contributed by atoms with Crippen molar-refractivity contribution in [2.45, 2.75) is 13.2 Å². The predicted octanol–water partition coefficient (Wildman–Crippen LogP) is 4.54. The lowest BCUT2D eigenvalue weighted by atomic mass is 10.2. The van der Waals surface area contributed by atoms with Crippen LogP contribution >= 0.6 is 27.5 Å². The minimum atomic E-state index is -0.275. The standard InChI is InChI=1S/C15H14BrClFNO/c1-19-8-11-6-12(17)3-5-15(11)20-9-10-2-4-13(18)7-14(10)16/h2-7,19H,8-9H2,1H3. The van der Waals surface area contributed by atoms with Gasteiger partial charge in [-0.05, 0) is 37.4 Å². The Bertz CT molecular complexity index is 606. The van der Waals surface area contributed by atoms with Crippen molar-refractivity contribution >= 4 is 27.5 Å². The maximum atomic E-state index is 13.0. The van der Waals surface area contributed by atoms with Gasteiger partial charge < -0.3 is 10.1 Å². The van der Waals surface area contributed by atoms with E-state index in [9.17, 15) is 4.39 Å². The zero-order valence-corrected chi connectivity index (χ0v) is 13.3. The van der Waals surface area contributed by atoms with E-state index in [0.717, 1.165) is 16.9 Å². The molecule has 0 aliphatic heterocycles. The van der Waals surface area contributed by atoms with E-state index in [-0.39, 0.29) is 5.82 Å². The van der Waals surface area contributed by atoms with E-state index >= 15 is 0 Å². The fraction of sp³-hybridized carbons (Fsp3) is 0.200. The van der Waals surface area contributed by atoms with Gasteiger partial charge in [-0.25, -0.2) is 4.39 Å². The second kappa shape index (κ2) is 7.07. The molecule has 2 rings (SSSR count). The van der Waals surface area contributed by atoms with E-state index in [0.29, 0.717) is 22.6 Å². The molecule has 0 fully saturated rings. The van der Waals surface area contributed by atoms with Crippen LogP contribution < -0.4 is 10.1 Å². The number of halogens is 3. The van der Waals surface area contributed by atoms with Gasteiger partial charge in [-0.15, -0.1) is 0 Å². The molecule has 2 nitrogen and oxygen atoms in total. The molecule has 0 amide bonds. The summed E-state index contributed by atoms with van der Waals surface area (Å²) in [6.45, 7) is 1.03. The summed E-state index contributed by atoms with van der Waals surface area (Å²) in [7, 11) is 1.86. The molecule has 20 heavy (non-hydrogen) atoms. The molecule has 0 spiro atoms. The highest BCUT2D eigenvalue weighted by Crippen LogP contribution is 2.25. The van der Waals surface area contributed by atoms with Crippen molar-refractivity contribution in [2.24, 2.45) is 0 Å². The monoisotopic (exact) mass is 357 g/mol. The van der Waals surface area contributed by atoms with Crippen LogP contribution in [0.4, 0.5) is 4.39 Å². The summed E-state index contributed by atoms with van der Waals surface area (Å²) in [6.07, 6.45) is 0. The van der Waals surface area contributed by atoms with Crippen LogP contribution in [0.2, 0.25) is 5.02 Å². The molecule has 2 aromatic rings. The zero-order chi connectivity index (χ0) is 14.5. The predicted molar refractivity (Wildman–Crippen MR) is 82.6 cm³/mol. The summed E-state index contributed by atoms with van der Waals surface area (Å²) in [5, 5.41) is 3.74. The van der Waals surface area contributed by atoms with Crippen LogP contribution in [0.3, 0.4) is 0 Å². The van der Waals surface area contributed by atoms with Gasteiger partial charge in [0.1, 0.15) is 18.2 Å². The molecule has 0 unspecified atom stereocenters. The van der Waals surface area contributed by atoms with Gasteiger partial charge in [0.05, 0.1) is 0 Å². The first kappa shape index (κ1) is 15.3. The highest BCUT2D eigenvalue weighted by Gasteiger charge is 2.07. The van der Waals surface area contributed by atoms with Crippen LogP contribution in [0.25, 0.3) is 0 Å². The van der Waals surface area contributed by atoms with E-state index in [1.807, 2.05) is 19.2 Å². The zero-order valence-electron chi connectivity index (χ0n) is 10.9. The second-order valence-electron chi connectivity index (χ2n) is 4.31. The third-order valence-corrected chi connectivity index (χ3v) is 3.76. The highest BCUT2D eigenvalue weighted by molar-refractivity contribution is 9.10. The fourth-order valence-electron chi connectivity index (χ4n) is 1.81. The number of hydrogen-bond acceptors (Lipinski definition) is 2. The van der Waals surface area contributed by atoms with Crippen LogP contribution in [0.5, 0.6) is 5.75 Å². The first-order chi connectivity index (χ1) is 9.60. The minimum Gasteiger partial charge on any atom is -0.489 e. The van der Waals surface area contributed by atoms with Crippen molar-refractivity contribution in [3.63, 3.8) is 0 Å². The number of hydrogen-bond donors (Lipinski definition) is 1. The Hall–Kier alpha value is -1.10. The van der Waals surface area contributed by atoms with Crippen molar-refractivity contribution < 1.29 is 9.13 Å². The molecule has 0 heterocycles. The molecule has 5 heteroatoms. The molecule has 0 bridgehead atoms. The Labute approximate surface area is 131 Å². The van der Waals surface area contributed by atoms with Crippen molar-refractivity contribution in [1.82, 2.24) is 5.32 Å². The Morgan fingerprint density at radius 3 is 2.70 bits per heavy atom. The molecule has 0 saturated carbocycles. The summed E-state index contributed by atoms with van der Waals surface area (Å²) in [6, 6.07) is 10.0. The molecule has 2 aromatic carbocycles. The van der Waals surface area contributed by atoms with Crippen LogP contribution in [-0.4, -0.2) is 7.05 Å². The average Bonchev–Trinajstić information content (AvgIpc) is 2.40. The van der Waals surface area contributed by atoms with Gasteiger partial charge in [-0.2, -0.15) is 0 Å². The summed E-state index contributed by atoms with van der Waals surface area (Å²) in [5.41, 5.74) is 1.87. The fourth-order valence-corrected chi connectivity index (χ4v) is 2.47. The first-order valence-corrected chi connectivity index (χ1v) is 7.27. The van der Waals surface area contributed by atoms with Crippen LogP contribution in [0.1, 0.15) is 11.1 Å². The third-order valence-electron chi connectivity index (χ3n) is 2.79. The lowest BCUT2D eigenvalue weighted by Crippen LogP contribution is -2.07. The number of ether oxygens (including phenoxy) is 1. The maximum Gasteiger partial charge on any atom is 0.124 e. The van der Waals surface area contributed by atoms with Crippen molar-refractivity contribution in [1.29, 1.82) is 0 Å². The summed E-state index contributed by atoms with van der Waals surface area (Å²) < 4.78 is 19.5. The van der Waals surface area contributed by atoms with Crippen molar-refractivity contribution in [3.05, 3.63) is 62.8 Å². The Balaban J connectivity index is 2.14. The van der Waals surface area contributed by atoms with Crippen molar-refractivity contribution in [3.8, 4) is 5.75 Å². The average molecular weight is 359 g/mol. The maximum absolute atomic E-state index is 13.0. The molecule has 0 aliphatic rings. The quantitative estimate of drug-likeness (QED) is 0.847. The number of benzene rings is 2. The molecule has 106 valence electrons. The SMILES string of the molecule is CNCc1cc(Cl)ccc1OCc1ccc(F)cc1Br. The normalized spacial score (nSPS) is 10.6. The molecular weight excluding hydrogens is 345 g/mol. The Kier molecular flexibility index (Phi) is 5.40. The van der Waals surface area contributed by atoms with E-state index in [1.165, 1.54) is 12.1 Å². The molecule has 0 aliphatic carbocycles. The van der Waals surface area contributed by atoms with Gasteiger partial charge in [0.25, 0.3) is 0 Å². The summed E-state index contributed by atoms with van der Waals surface area (Å²) >= 11 is 9.31. The molecular formula is C15H14BrClFNO. The topological polar surface area (TPSA) is 21.3 Å². The highest BCUT2D eigenvalue weighted by atomic mass is 79.9. The van der Waals surface area contributed by atoms with Gasteiger partial charge in [0.2, 0.25) is 0 Å². The van der Waals surface area contributed by atoms with E-state index < -0.39 is 0 Å². The number of rotatable bonds is 5. The molecule has 0 atom stereocenters. The molecule has 0 aromatic heterocycles. The molecule has 1 N–H and O–H groups in total. The molecule has 0 saturated heterocycles. The second-order valence-corrected chi connectivity index (χ2v) is 5.60. The first-order valence-electron chi connectivity index (χ1n) is 6.10. The summed E-state index contributed by atoms with van der Waals surface area (Å²) in [4.78, 5) is 0. The third kappa shape index (κ3) is 3.95. The van der Waals surface area contributed by atoms with Crippen LogP contribution in [0, 0.1) is 5.82 Å². The van der Waals surface area contributed by atoms with E-state index in [1.54, 1.807) is 12.1 Å². The smallest absolute Gasteiger partial charge is 0.124 e. The molecule has 0 radical (unpaired) electrons. The van der Waals surface area contributed by atoms with Gasteiger partial charge in [-0.1, -0.05) is 33.6 Å². The van der Waals surface area contributed by atoms with E-state index in [4.69, 9.17) is 16.3 Å². The van der Waals surface area contributed by atoms with Gasteiger partial charge >= 0.3 is 0 Å². The van der Waals surface area contributed by atoms with Crippen molar-refractivity contribution in [2.75, 3.05) is 7.05 Å². The van der Waals surface area contributed by atoms with Gasteiger partial charge in [0, 0.05) is 27.2 Å². The lowest BCUT2D eigenvalue weighted by Gasteiger charge is -2.12. The largest absolute Gasteiger partial charge is 0.489 e. The van der Waals surface area contributed by atoms with Gasteiger partial charge in [-0.3, -0.25) is 0 Å². The van der Waals surface area contributed by atoms with Gasteiger partial charge in [0.15, 0.2) is 0 Å². The van der Waals surface area contributed by atoms with Crippen LogP contribution in [0.15, 0.2) is 40.9 Å². The summed E-state index contributed by atoms with van der Waals surface area (Å²) in [5.74, 6) is 0.489. The Morgan fingerprint density at radius 1 is 1.20 bits per heavy atom.